The maximum absolute atomic E-state index is 13.2. The van der Waals surface area contributed by atoms with Gasteiger partial charge in [-0.05, 0) is 43.7 Å². The van der Waals surface area contributed by atoms with E-state index in [-0.39, 0.29) is 29.6 Å². The highest BCUT2D eigenvalue weighted by molar-refractivity contribution is 7.99. The minimum atomic E-state index is -0.553. The van der Waals surface area contributed by atoms with Gasteiger partial charge in [0.15, 0.2) is 5.16 Å². The number of nitrogens with two attached hydrogens (primary N) is 1. The Labute approximate surface area is 179 Å². The molecule has 2 heterocycles. The largest absolute Gasteiger partial charge is 0.462 e. The average Bonchev–Trinajstić information content (AvgIpc) is 3.06. The van der Waals surface area contributed by atoms with Gasteiger partial charge in [-0.1, -0.05) is 36.9 Å². The molecular weight excluding hydrogens is 400 g/mol. The normalized spacial score (nSPS) is 15.7. The molecule has 1 unspecified atom stereocenters. The molecule has 1 aliphatic rings. The van der Waals surface area contributed by atoms with Crippen LogP contribution < -0.4 is 5.73 Å². The number of benzene rings is 1. The van der Waals surface area contributed by atoms with Gasteiger partial charge in [0.05, 0.1) is 17.9 Å². The third kappa shape index (κ3) is 3.79. The van der Waals surface area contributed by atoms with Gasteiger partial charge >= 0.3 is 5.97 Å². The van der Waals surface area contributed by atoms with Crippen LogP contribution in [0.25, 0.3) is 10.9 Å². The van der Waals surface area contributed by atoms with Crippen molar-refractivity contribution in [2.45, 2.75) is 38.3 Å². The third-order valence-electron chi connectivity index (χ3n) is 5.38. The van der Waals surface area contributed by atoms with Crippen LogP contribution in [0.15, 0.2) is 35.6 Å². The standard InChI is InChI=1S/C22H24N4O3S/c1-3-29-21(28)16-11-24-22(25-20(16)23)30-12-19(27)26-17-7-5-4-6-14(17)15-10-13(2)8-9-18(15)26/h4-7,11,13H,3,8-10,12H2,1-2H3,(H2,23,24,25). The quantitative estimate of drug-likeness (QED) is 0.378. The van der Waals surface area contributed by atoms with Crippen LogP contribution in [0, 0.1) is 5.92 Å². The third-order valence-corrected chi connectivity index (χ3v) is 6.23. The van der Waals surface area contributed by atoms with Crippen LogP contribution in [-0.2, 0) is 17.6 Å². The van der Waals surface area contributed by atoms with Gasteiger partial charge in [0.25, 0.3) is 0 Å². The zero-order chi connectivity index (χ0) is 21.3. The SMILES string of the molecule is CCOC(=O)c1cnc(SCC(=O)n2c3c(c4ccccc42)CC(C)CC3)nc1N. The molecule has 7 nitrogen and oxygen atoms in total. The summed E-state index contributed by atoms with van der Waals surface area (Å²) < 4.78 is 6.79. The fraction of sp³-hybridized carbons (Fsp3) is 0.364. The van der Waals surface area contributed by atoms with E-state index in [1.165, 1.54) is 23.5 Å². The number of anilines is 1. The number of nitrogen functional groups attached to an aromatic ring is 1. The monoisotopic (exact) mass is 424 g/mol. The zero-order valence-corrected chi connectivity index (χ0v) is 17.9. The van der Waals surface area contributed by atoms with Gasteiger partial charge in [0.2, 0.25) is 5.91 Å². The predicted octanol–water partition coefficient (Wildman–Crippen LogP) is 3.75. The molecule has 8 heteroatoms. The predicted molar refractivity (Wildman–Crippen MR) is 117 cm³/mol. The lowest BCUT2D eigenvalue weighted by Crippen LogP contribution is -2.20. The van der Waals surface area contributed by atoms with Crippen LogP contribution in [-0.4, -0.2) is 38.8 Å². The first-order valence-electron chi connectivity index (χ1n) is 10.1. The number of ether oxygens (including phenoxy) is 1. The number of nitrogens with zero attached hydrogens (tertiary/aromatic N) is 3. The molecule has 0 saturated heterocycles. The van der Waals surface area contributed by atoms with E-state index in [1.807, 2.05) is 22.8 Å². The molecule has 4 rings (SSSR count). The lowest BCUT2D eigenvalue weighted by molar-refractivity contribution is 0.0526. The molecule has 156 valence electrons. The Balaban J connectivity index is 1.56. The van der Waals surface area contributed by atoms with Gasteiger partial charge in [-0.2, -0.15) is 0 Å². The molecule has 0 saturated carbocycles. The molecule has 0 aliphatic heterocycles. The molecule has 2 N–H and O–H groups in total. The maximum atomic E-state index is 13.2. The van der Waals surface area contributed by atoms with Gasteiger partial charge in [-0.3, -0.25) is 9.36 Å². The smallest absolute Gasteiger partial charge is 0.343 e. The highest BCUT2D eigenvalue weighted by atomic mass is 32.2. The molecule has 0 amide bonds. The number of hydrogen-bond acceptors (Lipinski definition) is 7. The fourth-order valence-electron chi connectivity index (χ4n) is 3.97. The van der Waals surface area contributed by atoms with Crippen LogP contribution in [0.1, 0.15) is 46.7 Å². The summed E-state index contributed by atoms with van der Waals surface area (Å²) >= 11 is 1.21. The number of esters is 1. The number of aromatic nitrogens is 3. The van der Waals surface area contributed by atoms with E-state index < -0.39 is 5.97 Å². The van der Waals surface area contributed by atoms with Gasteiger partial charge in [0, 0.05) is 17.3 Å². The van der Waals surface area contributed by atoms with Crippen LogP contribution in [0.2, 0.25) is 0 Å². The molecule has 1 aliphatic carbocycles. The number of carbonyl (C=O) groups is 2. The van der Waals surface area contributed by atoms with Crippen LogP contribution >= 0.6 is 11.8 Å². The topological polar surface area (TPSA) is 100 Å². The maximum Gasteiger partial charge on any atom is 0.343 e. The van der Waals surface area contributed by atoms with E-state index in [0.717, 1.165) is 35.9 Å². The Bertz CT molecular complexity index is 1130. The molecule has 30 heavy (non-hydrogen) atoms. The van der Waals surface area contributed by atoms with E-state index in [0.29, 0.717) is 11.1 Å². The molecule has 0 fully saturated rings. The number of hydrogen-bond donors (Lipinski definition) is 1. The van der Waals surface area contributed by atoms with Crippen molar-refractivity contribution >= 4 is 40.4 Å². The Kier molecular flexibility index (Phi) is 5.76. The van der Waals surface area contributed by atoms with E-state index in [2.05, 4.69) is 23.0 Å². The molecule has 0 radical (unpaired) electrons. The number of rotatable bonds is 5. The summed E-state index contributed by atoms with van der Waals surface area (Å²) in [5.74, 6) is 0.288. The summed E-state index contributed by atoms with van der Waals surface area (Å²) in [6.07, 6.45) is 4.33. The fourth-order valence-corrected chi connectivity index (χ4v) is 4.64. The number of carbonyl (C=O) groups excluding carboxylic acids is 2. The van der Waals surface area contributed by atoms with E-state index in [9.17, 15) is 9.59 Å². The Morgan fingerprint density at radius 2 is 2.13 bits per heavy atom. The van der Waals surface area contributed by atoms with Crippen LogP contribution in [0.3, 0.4) is 0 Å². The Morgan fingerprint density at radius 3 is 2.90 bits per heavy atom. The number of thioether (sulfide) groups is 1. The molecule has 3 aromatic rings. The van der Waals surface area contributed by atoms with E-state index >= 15 is 0 Å². The minimum Gasteiger partial charge on any atom is -0.462 e. The first-order valence-corrected chi connectivity index (χ1v) is 11.0. The minimum absolute atomic E-state index is 0.0105. The van der Waals surface area contributed by atoms with Gasteiger partial charge in [-0.15, -0.1) is 0 Å². The van der Waals surface area contributed by atoms with E-state index in [1.54, 1.807) is 6.92 Å². The molecule has 1 atom stereocenters. The zero-order valence-electron chi connectivity index (χ0n) is 17.1. The second-order valence-electron chi connectivity index (χ2n) is 7.48. The van der Waals surface area contributed by atoms with Crippen molar-refractivity contribution in [2.75, 3.05) is 18.1 Å². The van der Waals surface area contributed by atoms with Crippen molar-refractivity contribution in [3.05, 3.63) is 47.3 Å². The van der Waals surface area contributed by atoms with Gasteiger partial charge < -0.3 is 10.5 Å². The molecule has 0 bridgehead atoms. The summed E-state index contributed by atoms with van der Waals surface area (Å²) in [5.41, 5.74) is 9.38. The first-order chi connectivity index (χ1) is 14.5. The van der Waals surface area contributed by atoms with Crippen molar-refractivity contribution in [3.8, 4) is 0 Å². The van der Waals surface area contributed by atoms with Crippen molar-refractivity contribution in [2.24, 2.45) is 5.92 Å². The second-order valence-corrected chi connectivity index (χ2v) is 8.42. The number of para-hydroxylation sites is 1. The number of fused-ring (bicyclic) bond motifs is 3. The summed E-state index contributed by atoms with van der Waals surface area (Å²) in [5, 5.41) is 1.52. The average molecular weight is 425 g/mol. The van der Waals surface area contributed by atoms with Crippen LogP contribution in [0.4, 0.5) is 5.82 Å². The van der Waals surface area contributed by atoms with Gasteiger partial charge in [-0.25, -0.2) is 14.8 Å². The van der Waals surface area contributed by atoms with Crippen molar-refractivity contribution in [1.82, 2.24) is 14.5 Å². The highest BCUT2D eigenvalue weighted by Crippen LogP contribution is 2.34. The second kappa shape index (κ2) is 8.47. The van der Waals surface area contributed by atoms with E-state index in [4.69, 9.17) is 10.5 Å². The summed E-state index contributed by atoms with van der Waals surface area (Å²) in [7, 11) is 0. The van der Waals surface area contributed by atoms with Gasteiger partial charge in [0.1, 0.15) is 11.4 Å². The van der Waals surface area contributed by atoms with Crippen molar-refractivity contribution in [1.29, 1.82) is 0 Å². The van der Waals surface area contributed by atoms with Crippen LogP contribution in [0.5, 0.6) is 0 Å². The van der Waals surface area contributed by atoms with Crippen molar-refractivity contribution < 1.29 is 14.3 Å². The molecule has 2 aromatic heterocycles. The Hall–Kier alpha value is -2.87. The summed E-state index contributed by atoms with van der Waals surface area (Å²) in [6.45, 7) is 4.22. The summed E-state index contributed by atoms with van der Waals surface area (Å²) in [6, 6.07) is 8.09. The molecule has 0 spiro atoms. The highest BCUT2D eigenvalue weighted by Gasteiger charge is 2.26. The van der Waals surface area contributed by atoms with Crippen molar-refractivity contribution in [3.63, 3.8) is 0 Å². The Morgan fingerprint density at radius 1 is 1.33 bits per heavy atom. The summed E-state index contributed by atoms with van der Waals surface area (Å²) in [4.78, 5) is 33.3. The lowest BCUT2D eigenvalue weighted by Gasteiger charge is -2.20. The lowest BCUT2D eigenvalue weighted by atomic mass is 9.88. The first kappa shape index (κ1) is 20.4. The molecular formula is C22H24N4O3S. The molecule has 1 aromatic carbocycles.